The lowest BCUT2D eigenvalue weighted by atomic mass is 10.1. The van der Waals surface area contributed by atoms with Crippen LogP contribution in [0.4, 0.5) is 5.69 Å². The number of aliphatic hydroxyl groups is 1. The number of para-hydroxylation sites is 1. The van der Waals surface area contributed by atoms with Gasteiger partial charge in [0.25, 0.3) is 0 Å². The van der Waals surface area contributed by atoms with Gasteiger partial charge in [0.2, 0.25) is 0 Å². The number of aliphatic hydroxyl groups excluding tert-OH is 1. The molecule has 1 saturated heterocycles. The summed E-state index contributed by atoms with van der Waals surface area (Å²) in [6.45, 7) is 6.34. The average Bonchev–Trinajstić information content (AvgIpc) is 3.23. The van der Waals surface area contributed by atoms with Crippen molar-refractivity contribution in [2.24, 2.45) is 0 Å². The Morgan fingerprint density at radius 2 is 1.78 bits per heavy atom. The molecule has 0 spiro atoms. The Hall–Kier alpha value is -1.06. The Morgan fingerprint density at radius 3 is 2.39 bits per heavy atom. The van der Waals surface area contributed by atoms with E-state index in [1.54, 1.807) is 0 Å². The fraction of sp³-hybridized carbons (Fsp3) is 0.600. The molecule has 1 heterocycles. The van der Waals surface area contributed by atoms with Crippen molar-refractivity contribution in [1.29, 1.82) is 0 Å². The Bertz CT molecular complexity index is 407. The molecule has 1 aliphatic carbocycles. The molecule has 1 saturated carbocycles. The van der Waals surface area contributed by atoms with Crippen LogP contribution < -0.4 is 4.90 Å². The molecule has 1 aromatic rings. The molecule has 18 heavy (non-hydrogen) atoms. The molecular weight excluding hydrogens is 224 g/mol. The van der Waals surface area contributed by atoms with E-state index in [9.17, 15) is 5.11 Å². The standard InChI is InChI=1S/C15H22N2O/c1-12(18)14-4-2-3-5-15(14)17-10-8-16(9-11-17)13-6-7-13/h2-5,12-13,18H,6-11H2,1H3/t12-/m1/s1. The van der Waals surface area contributed by atoms with Gasteiger partial charge in [0.05, 0.1) is 6.10 Å². The summed E-state index contributed by atoms with van der Waals surface area (Å²) in [6, 6.07) is 9.11. The Morgan fingerprint density at radius 1 is 1.11 bits per heavy atom. The molecule has 1 aromatic carbocycles. The van der Waals surface area contributed by atoms with E-state index in [-0.39, 0.29) is 6.10 Å². The minimum Gasteiger partial charge on any atom is -0.389 e. The number of nitrogens with zero attached hydrogens (tertiary/aromatic N) is 2. The van der Waals surface area contributed by atoms with Gasteiger partial charge in [0.15, 0.2) is 0 Å². The summed E-state index contributed by atoms with van der Waals surface area (Å²) in [4.78, 5) is 5.03. The van der Waals surface area contributed by atoms with Crippen LogP contribution in [-0.2, 0) is 0 Å². The van der Waals surface area contributed by atoms with Gasteiger partial charge in [-0.15, -0.1) is 0 Å². The van der Waals surface area contributed by atoms with Crippen LogP contribution in [0.2, 0.25) is 0 Å². The van der Waals surface area contributed by atoms with Crippen molar-refractivity contribution < 1.29 is 5.11 Å². The molecular formula is C15H22N2O. The SMILES string of the molecule is C[C@@H](O)c1ccccc1N1CCN(C2CC2)CC1. The van der Waals surface area contributed by atoms with Gasteiger partial charge in [-0.05, 0) is 25.8 Å². The van der Waals surface area contributed by atoms with Crippen LogP contribution in [0, 0.1) is 0 Å². The zero-order chi connectivity index (χ0) is 12.5. The second-order valence-corrected chi connectivity index (χ2v) is 5.49. The van der Waals surface area contributed by atoms with E-state index >= 15 is 0 Å². The zero-order valence-electron chi connectivity index (χ0n) is 11.0. The average molecular weight is 246 g/mol. The van der Waals surface area contributed by atoms with Crippen molar-refractivity contribution in [2.75, 3.05) is 31.1 Å². The highest BCUT2D eigenvalue weighted by molar-refractivity contribution is 5.54. The predicted octanol–water partition coefficient (Wildman–Crippen LogP) is 2.02. The molecule has 0 radical (unpaired) electrons. The summed E-state index contributed by atoms with van der Waals surface area (Å²) in [5.74, 6) is 0. The van der Waals surface area contributed by atoms with E-state index in [1.807, 2.05) is 19.1 Å². The molecule has 98 valence electrons. The number of anilines is 1. The van der Waals surface area contributed by atoms with Gasteiger partial charge in [-0.2, -0.15) is 0 Å². The first kappa shape index (κ1) is 12.0. The highest BCUT2D eigenvalue weighted by Gasteiger charge is 2.31. The largest absolute Gasteiger partial charge is 0.389 e. The molecule has 3 nitrogen and oxygen atoms in total. The first-order valence-electron chi connectivity index (χ1n) is 7.01. The molecule has 1 N–H and O–H groups in total. The normalized spacial score (nSPS) is 23.1. The van der Waals surface area contributed by atoms with Crippen molar-refractivity contribution in [3.63, 3.8) is 0 Å². The van der Waals surface area contributed by atoms with Gasteiger partial charge in [-0.3, -0.25) is 4.90 Å². The van der Waals surface area contributed by atoms with Crippen LogP contribution in [0.5, 0.6) is 0 Å². The van der Waals surface area contributed by atoms with Crippen molar-refractivity contribution in [2.45, 2.75) is 31.9 Å². The van der Waals surface area contributed by atoms with E-state index < -0.39 is 0 Å². The molecule has 1 atom stereocenters. The van der Waals surface area contributed by atoms with Crippen LogP contribution in [0.15, 0.2) is 24.3 Å². The zero-order valence-corrected chi connectivity index (χ0v) is 11.0. The molecule has 0 amide bonds. The van der Waals surface area contributed by atoms with E-state index in [0.29, 0.717) is 0 Å². The number of hydrogen-bond donors (Lipinski definition) is 1. The highest BCUT2D eigenvalue weighted by Crippen LogP contribution is 2.30. The summed E-state index contributed by atoms with van der Waals surface area (Å²) in [5, 5.41) is 9.85. The van der Waals surface area contributed by atoms with Gasteiger partial charge in [0, 0.05) is 43.5 Å². The molecule has 3 heteroatoms. The van der Waals surface area contributed by atoms with Gasteiger partial charge < -0.3 is 10.0 Å². The fourth-order valence-corrected chi connectivity index (χ4v) is 2.90. The Balaban J connectivity index is 1.71. The number of piperazine rings is 1. The number of hydrogen-bond acceptors (Lipinski definition) is 3. The monoisotopic (exact) mass is 246 g/mol. The van der Waals surface area contributed by atoms with Crippen molar-refractivity contribution in [3.05, 3.63) is 29.8 Å². The number of benzene rings is 1. The summed E-state index contributed by atoms with van der Waals surface area (Å²) in [5.41, 5.74) is 2.26. The van der Waals surface area contributed by atoms with Crippen LogP contribution in [-0.4, -0.2) is 42.2 Å². The molecule has 0 aromatic heterocycles. The van der Waals surface area contributed by atoms with Crippen LogP contribution in [0.25, 0.3) is 0 Å². The summed E-state index contributed by atoms with van der Waals surface area (Å²) >= 11 is 0. The van der Waals surface area contributed by atoms with Crippen molar-refractivity contribution in [1.82, 2.24) is 4.90 Å². The predicted molar refractivity (Wildman–Crippen MR) is 73.9 cm³/mol. The van der Waals surface area contributed by atoms with Crippen molar-refractivity contribution >= 4 is 5.69 Å². The molecule has 0 unspecified atom stereocenters. The topological polar surface area (TPSA) is 26.7 Å². The van der Waals surface area contributed by atoms with E-state index in [0.717, 1.165) is 24.7 Å². The lowest BCUT2D eigenvalue weighted by molar-refractivity contribution is 0.198. The lowest BCUT2D eigenvalue weighted by Crippen LogP contribution is -2.47. The minimum absolute atomic E-state index is 0.386. The smallest absolute Gasteiger partial charge is 0.0781 e. The van der Waals surface area contributed by atoms with Gasteiger partial charge in [0.1, 0.15) is 0 Å². The lowest BCUT2D eigenvalue weighted by Gasteiger charge is -2.37. The number of rotatable bonds is 3. The second-order valence-electron chi connectivity index (χ2n) is 5.49. The molecule has 2 fully saturated rings. The van der Waals surface area contributed by atoms with E-state index in [4.69, 9.17) is 0 Å². The Labute approximate surface area is 109 Å². The Kier molecular flexibility index (Phi) is 3.27. The molecule has 3 rings (SSSR count). The third-order valence-corrected chi connectivity index (χ3v) is 4.11. The van der Waals surface area contributed by atoms with Gasteiger partial charge in [-0.1, -0.05) is 18.2 Å². The molecule has 0 bridgehead atoms. The molecule has 2 aliphatic rings. The summed E-state index contributed by atoms with van der Waals surface area (Å²) in [6.07, 6.45) is 2.40. The maximum absolute atomic E-state index is 9.85. The summed E-state index contributed by atoms with van der Waals surface area (Å²) < 4.78 is 0. The third kappa shape index (κ3) is 2.38. The van der Waals surface area contributed by atoms with Crippen LogP contribution in [0.1, 0.15) is 31.4 Å². The van der Waals surface area contributed by atoms with Crippen molar-refractivity contribution in [3.8, 4) is 0 Å². The maximum atomic E-state index is 9.85. The third-order valence-electron chi connectivity index (χ3n) is 4.11. The first-order chi connectivity index (χ1) is 8.75. The molecule has 1 aliphatic heterocycles. The van der Waals surface area contributed by atoms with Crippen LogP contribution >= 0.6 is 0 Å². The minimum atomic E-state index is -0.386. The van der Waals surface area contributed by atoms with E-state index in [2.05, 4.69) is 21.9 Å². The second kappa shape index (κ2) is 4.90. The summed E-state index contributed by atoms with van der Waals surface area (Å²) in [7, 11) is 0. The van der Waals surface area contributed by atoms with Gasteiger partial charge in [-0.25, -0.2) is 0 Å². The van der Waals surface area contributed by atoms with E-state index in [1.165, 1.54) is 31.6 Å². The van der Waals surface area contributed by atoms with Gasteiger partial charge >= 0.3 is 0 Å². The van der Waals surface area contributed by atoms with Crippen LogP contribution in [0.3, 0.4) is 0 Å². The fourth-order valence-electron chi connectivity index (χ4n) is 2.90. The first-order valence-corrected chi connectivity index (χ1v) is 7.01. The maximum Gasteiger partial charge on any atom is 0.0781 e. The quantitative estimate of drug-likeness (QED) is 0.884. The highest BCUT2D eigenvalue weighted by atomic mass is 16.3.